The van der Waals surface area contributed by atoms with Crippen molar-refractivity contribution in [2.24, 2.45) is 0 Å². The highest BCUT2D eigenvalue weighted by Gasteiger charge is 2.18. The zero-order valence-electron chi connectivity index (χ0n) is 22.0. The van der Waals surface area contributed by atoms with Crippen LogP contribution in [0, 0.1) is 6.92 Å². The molecule has 0 aliphatic heterocycles. The number of benzene rings is 2. The number of ether oxygens (including phenoxy) is 1. The Labute approximate surface area is 220 Å². The Hall–Kier alpha value is -4.27. The lowest BCUT2D eigenvalue weighted by atomic mass is 9.98. The monoisotopic (exact) mass is 516 g/mol. The number of hydrogen-bond acceptors (Lipinski definition) is 7. The Bertz CT molecular complexity index is 1520. The summed E-state index contributed by atoms with van der Waals surface area (Å²) in [5.41, 5.74) is 4.21. The maximum Gasteiger partial charge on any atom is 0.439 e. The predicted molar refractivity (Wildman–Crippen MR) is 144 cm³/mol. The van der Waals surface area contributed by atoms with E-state index in [4.69, 9.17) is 9.72 Å². The van der Waals surface area contributed by atoms with Crippen LogP contribution in [0.5, 0.6) is 0 Å². The number of unbranched alkanes of at least 4 members (excludes halogenated alkanes) is 1. The summed E-state index contributed by atoms with van der Waals surface area (Å²) < 4.78 is 11.6. The molecule has 38 heavy (non-hydrogen) atoms. The molecular weight excluding hydrogens is 484 g/mol. The second-order valence-corrected chi connectivity index (χ2v) is 9.17. The van der Waals surface area contributed by atoms with Crippen molar-refractivity contribution in [3.05, 3.63) is 92.1 Å². The molecule has 0 amide bonds. The van der Waals surface area contributed by atoms with Gasteiger partial charge >= 0.3 is 11.7 Å². The average molecular weight is 517 g/mol. The third kappa shape index (κ3) is 6.16. The van der Waals surface area contributed by atoms with Gasteiger partial charge in [-0.15, -0.1) is 0 Å². The first kappa shape index (κ1) is 26.8. The lowest BCUT2D eigenvalue weighted by Gasteiger charge is -2.16. The number of H-pyrrole nitrogens is 1. The van der Waals surface area contributed by atoms with Gasteiger partial charge in [0, 0.05) is 23.2 Å². The van der Waals surface area contributed by atoms with E-state index in [2.05, 4.69) is 21.6 Å². The molecule has 9 nitrogen and oxygen atoms in total. The van der Waals surface area contributed by atoms with Crippen molar-refractivity contribution >= 4 is 5.97 Å². The lowest BCUT2D eigenvalue weighted by molar-refractivity contribution is -0.142. The zero-order valence-corrected chi connectivity index (χ0v) is 22.0. The van der Waals surface area contributed by atoms with Gasteiger partial charge < -0.3 is 4.74 Å². The van der Waals surface area contributed by atoms with Gasteiger partial charge in [-0.05, 0) is 36.5 Å². The Balaban J connectivity index is 1.65. The fourth-order valence-corrected chi connectivity index (χ4v) is 4.32. The molecule has 1 N–H and O–H groups in total. The summed E-state index contributed by atoms with van der Waals surface area (Å²) in [5, 5.41) is 3.82. The van der Waals surface area contributed by atoms with Gasteiger partial charge in [-0.3, -0.25) is 23.7 Å². The number of carbonyl (C=O) groups excluding carboxylic acids is 1. The molecule has 2 heterocycles. The van der Waals surface area contributed by atoms with Crippen LogP contribution in [0.4, 0.5) is 0 Å². The highest BCUT2D eigenvalue weighted by atomic mass is 16.5. The smallest absolute Gasteiger partial charge is 0.439 e. The van der Waals surface area contributed by atoms with Crippen molar-refractivity contribution in [2.45, 2.75) is 59.4 Å². The molecule has 0 aliphatic carbocycles. The fraction of sp³-hybridized carbons (Fsp3) is 0.345. The van der Waals surface area contributed by atoms with Gasteiger partial charge in [0.25, 0.3) is 5.56 Å². The van der Waals surface area contributed by atoms with E-state index in [1.54, 1.807) is 11.5 Å². The van der Waals surface area contributed by atoms with Crippen LogP contribution in [-0.2, 0) is 28.9 Å². The van der Waals surface area contributed by atoms with E-state index in [-0.39, 0.29) is 12.0 Å². The molecular formula is C29H32N4O5. The topological polar surface area (TPSA) is 120 Å². The average Bonchev–Trinajstić information content (AvgIpc) is 3.37. The van der Waals surface area contributed by atoms with Gasteiger partial charge in [-0.1, -0.05) is 74.0 Å². The van der Waals surface area contributed by atoms with E-state index in [9.17, 15) is 14.4 Å². The van der Waals surface area contributed by atoms with E-state index >= 15 is 0 Å². The van der Waals surface area contributed by atoms with Crippen molar-refractivity contribution in [3.8, 4) is 22.5 Å². The first-order valence-corrected chi connectivity index (χ1v) is 12.9. The Morgan fingerprint density at radius 2 is 1.76 bits per heavy atom. The maximum atomic E-state index is 13.5. The highest BCUT2D eigenvalue weighted by Crippen LogP contribution is 2.30. The number of nitrogens with one attached hydrogen (secondary N) is 1. The van der Waals surface area contributed by atoms with Gasteiger partial charge in [0.05, 0.1) is 19.6 Å². The number of aromatic amines is 1. The molecule has 0 unspecified atom stereocenters. The number of nitrogens with zero attached hydrogens (tertiary/aromatic N) is 3. The molecule has 2 aromatic carbocycles. The summed E-state index contributed by atoms with van der Waals surface area (Å²) in [6, 6.07) is 15.4. The number of hydrogen-bond donors (Lipinski definition) is 1. The van der Waals surface area contributed by atoms with Crippen molar-refractivity contribution < 1.29 is 14.1 Å². The van der Waals surface area contributed by atoms with Crippen molar-refractivity contribution in [3.63, 3.8) is 0 Å². The number of carbonyl (C=O) groups is 1. The molecule has 0 radical (unpaired) electrons. The van der Waals surface area contributed by atoms with Gasteiger partial charge in [-0.2, -0.15) is 0 Å². The van der Waals surface area contributed by atoms with Crippen molar-refractivity contribution in [1.82, 2.24) is 19.7 Å². The van der Waals surface area contributed by atoms with E-state index in [0.717, 1.165) is 41.5 Å². The molecule has 0 fully saturated rings. The summed E-state index contributed by atoms with van der Waals surface area (Å²) >= 11 is 0. The first-order valence-electron chi connectivity index (χ1n) is 12.9. The van der Waals surface area contributed by atoms with E-state index in [1.807, 2.05) is 55.5 Å². The van der Waals surface area contributed by atoms with Crippen molar-refractivity contribution in [2.75, 3.05) is 6.61 Å². The molecule has 0 saturated heterocycles. The zero-order chi connectivity index (χ0) is 27.1. The second-order valence-electron chi connectivity index (χ2n) is 9.17. The number of esters is 1. The third-order valence-corrected chi connectivity index (χ3v) is 6.32. The van der Waals surface area contributed by atoms with Gasteiger partial charge in [0.1, 0.15) is 5.82 Å². The summed E-state index contributed by atoms with van der Waals surface area (Å²) in [6.45, 7) is 6.46. The molecule has 4 aromatic rings. The largest absolute Gasteiger partial charge is 0.465 e. The number of aromatic nitrogens is 4. The molecule has 0 spiro atoms. The minimum absolute atomic E-state index is 0.0917. The summed E-state index contributed by atoms with van der Waals surface area (Å²) in [4.78, 5) is 44.6. The van der Waals surface area contributed by atoms with Crippen LogP contribution in [-0.4, -0.2) is 32.3 Å². The second kappa shape index (κ2) is 12.3. The highest BCUT2D eigenvalue weighted by molar-refractivity contribution is 5.80. The lowest BCUT2D eigenvalue weighted by Crippen LogP contribution is -2.31. The van der Waals surface area contributed by atoms with E-state index < -0.39 is 11.7 Å². The molecule has 2 aromatic heterocycles. The molecule has 0 aliphatic rings. The first-order chi connectivity index (χ1) is 18.4. The molecule has 198 valence electrons. The Morgan fingerprint density at radius 1 is 1.03 bits per heavy atom. The van der Waals surface area contributed by atoms with Crippen LogP contribution < -0.4 is 11.3 Å². The van der Waals surface area contributed by atoms with Gasteiger partial charge in [0.2, 0.25) is 0 Å². The molecule has 0 saturated carbocycles. The van der Waals surface area contributed by atoms with Crippen LogP contribution >= 0.6 is 0 Å². The predicted octanol–water partition coefficient (Wildman–Crippen LogP) is 4.45. The van der Waals surface area contributed by atoms with Gasteiger partial charge in [0.15, 0.2) is 5.82 Å². The van der Waals surface area contributed by atoms with E-state index in [1.165, 1.54) is 0 Å². The number of aryl methyl sites for hydroxylation is 2. The Kier molecular flexibility index (Phi) is 8.68. The minimum Gasteiger partial charge on any atom is -0.465 e. The van der Waals surface area contributed by atoms with Crippen LogP contribution in [0.15, 0.2) is 62.6 Å². The Morgan fingerprint density at radius 3 is 2.42 bits per heavy atom. The molecule has 4 rings (SSSR count). The SMILES string of the molecule is CCCCc1nc(C)c(CC(=O)OCCC)c(=O)n1Cc1ccc(-c2ccccc2-c2noc(=O)[nH]2)cc1. The quantitative estimate of drug-likeness (QED) is 0.293. The number of rotatable bonds is 11. The standard InChI is InChI=1S/C29H32N4O5/c1-4-6-11-25-30-19(3)24(17-26(34)37-16-5-2)28(35)33(25)18-20-12-14-21(15-13-20)22-9-7-8-10-23(22)27-31-29(36)38-32-27/h7-10,12-15H,4-6,11,16-18H2,1-3H3,(H,31,32,36). The molecule has 0 bridgehead atoms. The normalized spacial score (nSPS) is 11.0. The summed E-state index contributed by atoms with van der Waals surface area (Å²) in [7, 11) is 0. The van der Waals surface area contributed by atoms with Crippen LogP contribution in [0.2, 0.25) is 0 Å². The fourth-order valence-electron chi connectivity index (χ4n) is 4.32. The molecule has 0 atom stereocenters. The van der Waals surface area contributed by atoms with Crippen LogP contribution in [0.25, 0.3) is 22.5 Å². The summed E-state index contributed by atoms with van der Waals surface area (Å²) in [5.74, 6) is 0.0410. The van der Waals surface area contributed by atoms with Crippen LogP contribution in [0.3, 0.4) is 0 Å². The third-order valence-electron chi connectivity index (χ3n) is 6.32. The van der Waals surface area contributed by atoms with Crippen molar-refractivity contribution in [1.29, 1.82) is 0 Å². The summed E-state index contributed by atoms with van der Waals surface area (Å²) in [6.07, 6.45) is 3.19. The minimum atomic E-state index is -0.612. The maximum absolute atomic E-state index is 13.5. The van der Waals surface area contributed by atoms with Crippen LogP contribution in [0.1, 0.15) is 55.8 Å². The molecule has 9 heteroatoms. The van der Waals surface area contributed by atoms with E-state index in [0.29, 0.717) is 42.5 Å². The van der Waals surface area contributed by atoms with Gasteiger partial charge in [-0.25, -0.2) is 9.78 Å².